The zero-order valence-electron chi connectivity index (χ0n) is 11.7. The molecule has 19 heavy (non-hydrogen) atoms. The summed E-state index contributed by atoms with van der Waals surface area (Å²) in [6.45, 7) is 6.55. The zero-order chi connectivity index (χ0) is 13.7. The van der Waals surface area contributed by atoms with Crippen molar-refractivity contribution in [2.45, 2.75) is 38.8 Å². The van der Waals surface area contributed by atoms with E-state index in [0.717, 1.165) is 36.4 Å². The Morgan fingerprint density at radius 1 is 1.21 bits per heavy atom. The Labute approximate surface area is 114 Å². The van der Waals surface area contributed by atoms with Gasteiger partial charge in [0.05, 0.1) is 13.2 Å². The molecule has 4 heteroatoms. The number of fused-ring (bicyclic) bond motifs is 1. The van der Waals surface area contributed by atoms with Gasteiger partial charge in [0.25, 0.3) is 0 Å². The summed E-state index contributed by atoms with van der Waals surface area (Å²) in [7, 11) is 0. The zero-order valence-corrected chi connectivity index (χ0v) is 11.7. The summed E-state index contributed by atoms with van der Waals surface area (Å²) in [4.78, 5) is 0. The minimum Gasteiger partial charge on any atom is -0.490 e. The maximum absolute atomic E-state index is 9.01. The van der Waals surface area contributed by atoms with E-state index < -0.39 is 0 Å². The standard InChI is InChI=1S/C15H23NO3/c1-15(2,6-7-17)16-11-12-4-5-13-14(10-12)19-9-3-8-18-13/h4-5,10,16-17H,3,6-9,11H2,1-2H3. The smallest absolute Gasteiger partial charge is 0.161 e. The minimum atomic E-state index is -0.0705. The Balaban J connectivity index is 2.00. The maximum Gasteiger partial charge on any atom is 0.161 e. The van der Waals surface area contributed by atoms with Gasteiger partial charge < -0.3 is 19.9 Å². The Bertz CT molecular complexity index is 418. The van der Waals surface area contributed by atoms with Crippen molar-refractivity contribution in [2.75, 3.05) is 19.8 Å². The van der Waals surface area contributed by atoms with Gasteiger partial charge >= 0.3 is 0 Å². The highest BCUT2D eigenvalue weighted by atomic mass is 16.5. The van der Waals surface area contributed by atoms with E-state index >= 15 is 0 Å². The summed E-state index contributed by atoms with van der Waals surface area (Å²) < 4.78 is 11.3. The van der Waals surface area contributed by atoms with E-state index in [1.54, 1.807) is 0 Å². The average Bonchev–Trinajstić information content (AvgIpc) is 2.61. The van der Waals surface area contributed by atoms with E-state index in [2.05, 4.69) is 25.2 Å². The molecule has 1 aliphatic rings. The number of hydrogen-bond acceptors (Lipinski definition) is 4. The van der Waals surface area contributed by atoms with Crippen molar-refractivity contribution in [3.8, 4) is 11.5 Å². The van der Waals surface area contributed by atoms with Crippen LogP contribution in [0.25, 0.3) is 0 Å². The van der Waals surface area contributed by atoms with E-state index in [-0.39, 0.29) is 12.1 Å². The molecular weight excluding hydrogens is 242 g/mol. The highest BCUT2D eigenvalue weighted by Crippen LogP contribution is 2.30. The molecule has 0 saturated heterocycles. The number of hydrogen-bond donors (Lipinski definition) is 2. The van der Waals surface area contributed by atoms with Gasteiger partial charge in [0.1, 0.15) is 0 Å². The lowest BCUT2D eigenvalue weighted by Crippen LogP contribution is -2.39. The molecule has 2 N–H and O–H groups in total. The first-order valence-corrected chi connectivity index (χ1v) is 6.85. The van der Waals surface area contributed by atoms with Gasteiger partial charge in [-0.15, -0.1) is 0 Å². The van der Waals surface area contributed by atoms with Crippen LogP contribution in [0.4, 0.5) is 0 Å². The fraction of sp³-hybridized carbons (Fsp3) is 0.600. The number of rotatable bonds is 5. The van der Waals surface area contributed by atoms with Crippen LogP contribution in [0, 0.1) is 0 Å². The largest absolute Gasteiger partial charge is 0.490 e. The SMILES string of the molecule is CC(C)(CCO)NCc1ccc2c(c1)OCCCO2. The predicted molar refractivity (Wildman–Crippen MR) is 74.7 cm³/mol. The van der Waals surface area contributed by atoms with Crippen LogP contribution in [0.3, 0.4) is 0 Å². The van der Waals surface area contributed by atoms with Gasteiger partial charge in [-0.3, -0.25) is 0 Å². The molecule has 2 rings (SSSR count). The first kappa shape index (κ1) is 14.2. The molecule has 1 aliphatic heterocycles. The van der Waals surface area contributed by atoms with Crippen LogP contribution in [-0.2, 0) is 6.54 Å². The number of benzene rings is 1. The molecule has 0 amide bonds. The van der Waals surface area contributed by atoms with Gasteiger partial charge in [0, 0.05) is 25.1 Å². The topological polar surface area (TPSA) is 50.7 Å². The van der Waals surface area contributed by atoms with Gasteiger partial charge in [-0.25, -0.2) is 0 Å². The van der Waals surface area contributed by atoms with Crippen LogP contribution in [0.15, 0.2) is 18.2 Å². The van der Waals surface area contributed by atoms with Gasteiger partial charge in [0.2, 0.25) is 0 Å². The summed E-state index contributed by atoms with van der Waals surface area (Å²) in [5.74, 6) is 1.66. The lowest BCUT2D eigenvalue weighted by Gasteiger charge is -2.25. The van der Waals surface area contributed by atoms with Gasteiger partial charge in [0.15, 0.2) is 11.5 Å². The molecule has 0 spiro atoms. The normalized spacial score (nSPS) is 15.1. The molecule has 106 valence electrons. The molecule has 0 unspecified atom stereocenters. The molecule has 0 radical (unpaired) electrons. The van der Waals surface area contributed by atoms with Crippen molar-refractivity contribution < 1.29 is 14.6 Å². The Kier molecular flexibility index (Phi) is 4.66. The van der Waals surface area contributed by atoms with Crippen molar-refractivity contribution in [1.29, 1.82) is 0 Å². The lowest BCUT2D eigenvalue weighted by molar-refractivity contribution is 0.230. The molecule has 0 aromatic heterocycles. The third-order valence-corrected chi connectivity index (χ3v) is 3.32. The third kappa shape index (κ3) is 4.11. The number of aliphatic hydroxyl groups excluding tert-OH is 1. The number of ether oxygens (including phenoxy) is 2. The van der Waals surface area contributed by atoms with Crippen LogP contribution >= 0.6 is 0 Å². The second kappa shape index (κ2) is 6.26. The van der Waals surface area contributed by atoms with Crippen molar-refractivity contribution in [3.05, 3.63) is 23.8 Å². The summed E-state index contributed by atoms with van der Waals surface area (Å²) >= 11 is 0. The van der Waals surface area contributed by atoms with Crippen molar-refractivity contribution >= 4 is 0 Å². The van der Waals surface area contributed by atoms with Crippen LogP contribution in [-0.4, -0.2) is 30.5 Å². The molecule has 4 nitrogen and oxygen atoms in total. The number of nitrogens with one attached hydrogen (secondary N) is 1. The Morgan fingerprint density at radius 3 is 2.68 bits per heavy atom. The monoisotopic (exact) mass is 265 g/mol. The van der Waals surface area contributed by atoms with Crippen molar-refractivity contribution in [1.82, 2.24) is 5.32 Å². The van der Waals surface area contributed by atoms with Gasteiger partial charge in [-0.1, -0.05) is 6.07 Å². The summed E-state index contributed by atoms with van der Waals surface area (Å²) in [5.41, 5.74) is 1.09. The number of aliphatic hydroxyl groups is 1. The van der Waals surface area contributed by atoms with Crippen molar-refractivity contribution in [2.24, 2.45) is 0 Å². The summed E-state index contributed by atoms with van der Waals surface area (Å²) in [6.07, 6.45) is 1.66. The maximum atomic E-state index is 9.01. The second-order valence-corrected chi connectivity index (χ2v) is 5.54. The fourth-order valence-corrected chi connectivity index (χ4v) is 2.03. The third-order valence-electron chi connectivity index (χ3n) is 3.32. The Morgan fingerprint density at radius 2 is 1.95 bits per heavy atom. The fourth-order valence-electron chi connectivity index (χ4n) is 2.03. The molecule has 0 fully saturated rings. The molecule has 1 heterocycles. The highest BCUT2D eigenvalue weighted by molar-refractivity contribution is 5.43. The molecular formula is C15H23NO3. The molecule has 1 aromatic rings. The lowest BCUT2D eigenvalue weighted by atomic mass is 10.0. The minimum absolute atomic E-state index is 0.0705. The summed E-state index contributed by atoms with van der Waals surface area (Å²) in [5, 5.41) is 12.5. The molecule has 0 atom stereocenters. The van der Waals surface area contributed by atoms with Crippen LogP contribution < -0.4 is 14.8 Å². The van der Waals surface area contributed by atoms with Gasteiger partial charge in [-0.05, 0) is 38.0 Å². The summed E-state index contributed by atoms with van der Waals surface area (Å²) in [6, 6.07) is 6.05. The van der Waals surface area contributed by atoms with Gasteiger partial charge in [-0.2, -0.15) is 0 Å². The first-order valence-electron chi connectivity index (χ1n) is 6.85. The van der Waals surface area contributed by atoms with Crippen LogP contribution in [0.2, 0.25) is 0 Å². The van der Waals surface area contributed by atoms with E-state index in [1.807, 2.05) is 12.1 Å². The quantitative estimate of drug-likeness (QED) is 0.856. The predicted octanol–water partition coefficient (Wildman–Crippen LogP) is 2.10. The first-order chi connectivity index (χ1) is 9.11. The molecule has 1 aromatic carbocycles. The second-order valence-electron chi connectivity index (χ2n) is 5.54. The average molecular weight is 265 g/mol. The molecule has 0 saturated carbocycles. The molecule has 0 aliphatic carbocycles. The van der Waals surface area contributed by atoms with E-state index in [9.17, 15) is 0 Å². The van der Waals surface area contributed by atoms with E-state index in [4.69, 9.17) is 14.6 Å². The molecule has 0 bridgehead atoms. The van der Waals surface area contributed by atoms with Crippen LogP contribution in [0.1, 0.15) is 32.3 Å². The highest BCUT2D eigenvalue weighted by Gasteiger charge is 2.16. The van der Waals surface area contributed by atoms with E-state index in [1.165, 1.54) is 0 Å². The van der Waals surface area contributed by atoms with Crippen molar-refractivity contribution in [3.63, 3.8) is 0 Å². The van der Waals surface area contributed by atoms with E-state index in [0.29, 0.717) is 13.2 Å². The Hall–Kier alpha value is -1.26. The van der Waals surface area contributed by atoms with Crippen LogP contribution in [0.5, 0.6) is 11.5 Å².